The van der Waals surface area contributed by atoms with Gasteiger partial charge in [0.25, 0.3) is 11.8 Å². The summed E-state index contributed by atoms with van der Waals surface area (Å²) in [7, 11) is 0. The van der Waals surface area contributed by atoms with Crippen LogP contribution in [-0.2, 0) is 6.42 Å². The van der Waals surface area contributed by atoms with Crippen LogP contribution in [0.2, 0.25) is 0 Å². The van der Waals surface area contributed by atoms with Gasteiger partial charge in [-0.2, -0.15) is 0 Å². The van der Waals surface area contributed by atoms with Gasteiger partial charge in [0.1, 0.15) is 5.75 Å². The first kappa shape index (κ1) is 23.9. The normalized spacial score (nSPS) is 10.4. The fraction of sp³-hybridized carbons (Fsp3) is 0.192. The lowest BCUT2D eigenvalue weighted by Crippen LogP contribution is -2.34. The molecule has 0 saturated carbocycles. The summed E-state index contributed by atoms with van der Waals surface area (Å²) in [6.45, 7) is 4.32. The number of hydrogen-bond acceptors (Lipinski definition) is 4. The van der Waals surface area contributed by atoms with Gasteiger partial charge in [-0.05, 0) is 74.1 Å². The summed E-state index contributed by atoms with van der Waals surface area (Å²) in [5.41, 5.74) is 2.85. The minimum Gasteiger partial charge on any atom is -0.493 e. The van der Waals surface area contributed by atoms with Gasteiger partial charge in [0, 0.05) is 29.3 Å². The zero-order valence-electron chi connectivity index (χ0n) is 18.6. The van der Waals surface area contributed by atoms with Crippen LogP contribution in [0.1, 0.15) is 40.1 Å². The fourth-order valence-electron chi connectivity index (χ4n) is 3.05. The predicted octanol–water partition coefficient (Wildman–Crippen LogP) is 4.57. The Labute approximate surface area is 199 Å². The lowest BCUT2D eigenvalue weighted by Gasteiger charge is -2.12. The molecule has 6 nitrogen and oxygen atoms in total. The van der Waals surface area contributed by atoms with E-state index in [1.807, 2.05) is 38.1 Å². The Morgan fingerprint density at radius 2 is 1.61 bits per heavy atom. The summed E-state index contributed by atoms with van der Waals surface area (Å²) in [5, 5.41) is 8.62. The van der Waals surface area contributed by atoms with Gasteiger partial charge >= 0.3 is 0 Å². The largest absolute Gasteiger partial charge is 0.493 e. The SMILES string of the molecule is CC(C)NC(=O)c1ccc(NC(=S)NC(=O)c2cccc(OCCc3ccccc3)c2)cc1. The molecule has 2 amide bonds. The molecule has 3 aromatic carbocycles. The minimum atomic E-state index is -0.339. The summed E-state index contributed by atoms with van der Waals surface area (Å²) in [4.78, 5) is 24.6. The van der Waals surface area contributed by atoms with Crippen molar-refractivity contribution in [3.63, 3.8) is 0 Å². The Balaban J connectivity index is 1.50. The maximum atomic E-state index is 12.6. The molecule has 0 bridgehead atoms. The van der Waals surface area contributed by atoms with Crippen molar-refractivity contribution in [1.29, 1.82) is 0 Å². The molecule has 0 saturated heterocycles. The Morgan fingerprint density at radius 3 is 2.30 bits per heavy atom. The molecule has 0 unspecified atom stereocenters. The molecule has 33 heavy (non-hydrogen) atoms. The van der Waals surface area contributed by atoms with E-state index in [2.05, 4.69) is 28.1 Å². The highest BCUT2D eigenvalue weighted by molar-refractivity contribution is 7.80. The molecular weight excluding hydrogens is 434 g/mol. The molecule has 3 rings (SSSR count). The molecule has 0 fully saturated rings. The maximum absolute atomic E-state index is 12.6. The zero-order valence-corrected chi connectivity index (χ0v) is 19.4. The highest BCUT2D eigenvalue weighted by atomic mass is 32.1. The number of rotatable bonds is 8. The molecule has 0 atom stereocenters. The van der Waals surface area contributed by atoms with E-state index in [0.29, 0.717) is 29.2 Å². The van der Waals surface area contributed by atoms with E-state index in [1.54, 1.807) is 42.5 Å². The third-order valence-corrected chi connectivity index (χ3v) is 4.85. The molecule has 0 aliphatic heterocycles. The van der Waals surface area contributed by atoms with Gasteiger partial charge < -0.3 is 15.4 Å². The smallest absolute Gasteiger partial charge is 0.257 e. The van der Waals surface area contributed by atoms with Crippen molar-refractivity contribution in [2.75, 3.05) is 11.9 Å². The standard InChI is InChI=1S/C26H27N3O3S/c1-18(2)27-24(30)20-11-13-22(14-12-20)28-26(33)29-25(31)21-9-6-10-23(17-21)32-16-15-19-7-4-3-5-8-19/h3-14,17-18H,15-16H2,1-2H3,(H,27,30)(H2,28,29,31,33). The van der Waals surface area contributed by atoms with E-state index in [4.69, 9.17) is 17.0 Å². The van der Waals surface area contributed by atoms with Crippen LogP contribution in [0.25, 0.3) is 0 Å². The zero-order chi connectivity index (χ0) is 23.6. The Hall–Kier alpha value is -3.71. The first-order chi connectivity index (χ1) is 15.9. The first-order valence-corrected chi connectivity index (χ1v) is 11.1. The second-order valence-corrected chi connectivity index (χ2v) is 8.13. The molecule has 170 valence electrons. The number of nitrogens with one attached hydrogen (secondary N) is 3. The van der Waals surface area contributed by atoms with Gasteiger partial charge in [-0.25, -0.2) is 0 Å². The number of benzene rings is 3. The Kier molecular flexibility index (Phi) is 8.55. The summed E-state index contributed by atoms with van der Waals surface area (Å²) >= 11 is 5.26. The molecule has 0 aliphatic carbocycles. The van der Waals surface area contributed by atoms with E-state index in [0.717, 1.165) is 6.42 Å². The van der Waals surface area contributed by atoms with Gasteiger partial charge in [-0.15, -0.1) is 0 Å². The van der Waals surface area contributed by atoms with Gasteiger partial charge in [0.2, 0.25) is 0 Å². The third kappa shape index (κ3) is 7.73. The van der Waals surface area contributed by atoms with Gasteiger partial charge in [0.15, 0.2) is 5.11 Å². The molecule has 3 aromatic rings. The number of anilines is 1. The topological polar surface area (TPSA) is 79.5 Å². The number of thiocarbonyl (C=S) groups is 1. The van der Waals surface area contributed by atoms with E-state index in [9.17, 15) is 9.59 Å². The molecule has 0 heterocycles. The van der Waals surface area contributed by atoms with Crippen molar-refractivity contribution in [2.24, 2.45) is 0 Å². The van der Waals surface area contributed by atoms with E-state index < -0.39 is 0 Å². The van der Waals surface area contributed by atoms with Crippen molar-refractivity contribution in [3.8, 4) is 5.75 Å². The highest BCUT2D eigenvalue weighted by Crippen LogP contribution is 2.15. The van der Waals surface area contributed by atoms with Crippen LogP contribution in [0.4, 0.5) is 5.69 Å². The van der Waals surface area contributed by atoms with Crippen LogP contribution >= 0.6 is 12.2 Å². The molecule has 3 N–H and O–H groups in total. The van der Waals surface area contributed by atoms with Crippen LogP contribution in [-0.4, -0.2) is 29.6 Å². The Morgan fingerprint density at radius 1 is 0.879 bits per heavy atom. The molecule has 0 aromatic heterocycles. The highest BCUT2D eigenvalue weighted by Gasteiger charge is 2.10. The van der Waals surface area contributed by atoms with E-state index in [-0.39, 0.29) is 23.0 Å². The van der Waals surface area contributed by atoms with E-state index in [1.165, 1.54) is 5.56 Å². The average Bonchev–Trinajstić information content (AvgIpc) is 2.80. The second kappa shape index (κ2) is 11.8. The van der Waals surface area contributed by atoms with E-state index >= 15 is 0 Å². The second-order valence-electron chi connectivity index (χ2n) is 7.73. The van der Waals surface area contributed by atoms with Crippen LogP contribution in [0.5, 0.6) is 5.75 Å². The molecule has 7 heteroatoms. The van der Waals surface area contributed by atoms with Crippen LogP contribution in [0.3, 0.4) is 0 Å². The third-order valence-electron chi connectivity index (χ3n) is 4.65. The Bertz CT molecular complexity index is 1100. The maximum Gasteiger partial charge on any atom is 0.257 e. The van der Waals surface area contributed by atoms with Crippen molar-refractivity contribution < 1.29 is 14.3 Å². The number of ether oxygens (including phenoxy) is 1. The van der Waals surface area contributed by atoms with Crippen molar-refractivity contribution >= 4 is 34.8 Å². The number of carbonyl (C=O) groups is 2. The number of carbonyl (C=O) groups excluding carboxylic acids is 2. The molecule has 0 radical (unpaired) electrons. The summed E-state index contributed by atoms with van der Waals surface area (Å²) in [5.74, 6) is 0.139. The van der Waals surface area contributed by atoms with Gasteiger partial charge in [-0.1, -0.05) is 36.4 Å². The van der Waals surface area contributed by atoms with Gasteiger partial charge in [0.05, 0.1) is 6.61 Å². The molecular formula is C26H27N3O3S. The quantitative estimate of drug-likeness (QED) is 0.428. The summed E-state index contributed by atoms with van der Waals surface area (Å²) < 4.78 is 5.79. The van der Waals surface area contributed by atoms with Crippen molar-refractivity contribution in [3.05, 3.63) is 95.6 Å². The van der Waals surface area contributed by atoms with Crippen molar-refractivity contribution in [1.82, 2.24) is 10.6 Å². The average molecular weight is 462 g/mol. The lowest BCUT2D eigenvalue weighted by atomic mass is 10.1. The monoisotopic (exact) mass is 461 g/mol. The molecule has 0 aliphatic rings. The lowest BCUT2D eigenvalue weighted by molar-refractivity contribution is 0.0941. The number of hydrogen-bond donors (Lipinski definition) is 3. The number of amides is 2. The first-order valence-electron chi connectivity index (χ1n) is 10.7. The van der Waals surface area contributed by atoms with Gasteiger partial charge in [-0.3, -0.25) is 14.9 Å². The van der Waals surface area contributed by atoms with Crippen LogP contribution in [0.15, 0.2) is 78.9 Å². The van der Waals surface area contributed by atoms with Crippen LogP contribution < -0.4 is 20.7 Å². The summed E-state index contributed by atoms with van der Waals surface area (Å²) in [6, 6.07) is 24.0. The fourth-order valence-corrected chi connectivity index (χ4v) is 3.26. The summed E-state index contributed by atoms with van der Waals surface area (Å²) in [6.07, 6.45) is 0.781. The molecule has 0 spiro atoms. The van der Waals surface area contributed by atoms with Crippen molar-refractivity contribution in [2.45, 2.75) is 26.3 Å². The predicted molar refractivity (Wildman–Crippen MR) is 135 cm³/mol. The minimum absolute atomic E-state index is 0.0610. The van der Waals surface area contributed by atoms with Crippen LogP contribution in [0, 0.1) is 0 Å².